The van der Waals surface area contributed by atoms with Crippen molar-refractivity contribution in [3.8, 4) is 5.75 Å². The van der Waals surface area contributed by atoms with Crippen LogP contribution in [0.2, 0.25) is 0 Å². The zero-order valence-corrected chi connectivity index (χ0v) is 15.7. The van der Waals surface area contributed by atoms with Gasteiger partial charge in [0.2, 0.25) is 5.43 Å². The minimum absolute atomic E-state index is 0.0329. The molecule has 26 heavy (non-hydrogen) atoms. The summed E-state index contributed by atoms with van der Waals surface area (Å²) in [5.41, 5.74) is -0.552. The molecule has 0 atom stereocenters. The van der Waals surface area contributed by atoms with E-state index in [1.807, 2.05) is 0 Å². The number of carbonyl (C=O) groups is 1. The average Bonchev–Trinajstić information content (AvgIpc) is 2.57. The average molecular weight is 378 g/mol. The van der Waals surface area contributed by atoms with Crippen LogP contribution in [0, 0.1) is 0 Å². The van der Waals surface area contributed by atoms with Crippen LogP contribution in [0.1, 0.15) is 30.0 Å². The van der Waals surface area contributed by atoms with E-state index in [0.29, 0.717) is 5.69 Å². The van der Waals surface area contributed by atoms with Crippen molar-refractivity contribution >= 4 is 15.7 Å². The fourth-order valence-corrected chi connectivity index (χ4v) is 3.84. The standard InChI is InChI=1S/C18H22N2O5S/c1-12(2)19-18(23)16-17(22)15(21)11-13(20(16)3)9-10-26(24,25)14-7-5-4-6-8-14/h4-8,11-12,22H,9-10H2,1-3H3,(H,19,23). The second-order valence-corrected chi connectivity index (χ2v) is 8.38. The first-order valence-electron chi connectivity index (χ1n) is 8.14. The Kier molecular flexibility index (Phi) is 5.86. The summed E-state index contributed by atoms with van der Waals surface area (Å²) >= 11 is 0. The van der Waals surface area contributed by atoms with Crippen molar-refractivity contribution in [1.29, 1.82) is 0 Å². The molecule has 8 heteroatoms. The van der Waals surface area contributed by atoms with E-state index in [-0.39, 0.29) is 28.8 Å². The van der Waals surface area contributed by atoms with E-state index in [9.17, 15) is 23.1 Å². The third kappa shape index (κ3) is 4.32. The maximum Gasteiger partial charge on any atom is 0.272 e. The first kappa shape index (κ1) is 19.7. The molecule has 140 valence electrons. The van der Waals surface area contributed by atoms with Crippen LogP contribution in [0.4, 0.5) is 0 Å². The summed E-state index contributed by atoms with van der Waals surface area (Å²) < 4.78 is 26.2. The van der Waals surface area contributed by atoms with Crippen LogP contribution in [-0.4, -0.2) is 35.8 Å². The Hall–Kier alpha value is -2.61. The normalized spacial score (nSPS) is 11.5. The fraction of sp³-hybridized carbons (Fsp3) is 0.333. The summed E-state index contributed by atoms with van der Waals surface area (Å²) in [4.78, 5) is 24.5. The van der Waals surface area contributed by atoms with Crippen LogP contribution in [0.15, 0.2) is 46.1 Å². The monoisotopic (exact) mass is 378 g/mol. The number of aromatic hydroxyl groups is 1. The molecule has 1 heterocycles. The highest BCUT2D eigenvalue weighted by molar-refractivity contribution is 7.91. The highest BCUT2D eigenvalue weighted by Gasteiger charge is 2.21. The number of benzene rings is 1. The molecule has 2 N–H and O–H groups in total. The Balaban J connectivity index is 2.35. The summed E-state index contributed by atoms with van der Waals surface area (Å²) in [5, 5.41) is 12.6. The highest BCUT2D eigenvalue weighted by Crippen LogP contribution is 2.16. The zero-order valence-electron chi connectivity index (χ0n) is 14.9. The molecule has 0 aliphatic heterocycles. The maximum absolute atomic E-state index is 12.4. The molecule has 0 saturated heterocycles. The number of aromatic nitrogens is 1. The molecule has 0 aliphatic rings. The molecular weight excluding hydrogens is 356 g/mol. The van der Waals surface area contributed by atoms with Gasteiger partial charge in [0.05, 0.1) is 10.6 Å². The first-order valence-corrected chi connectivity index (χ1v) is 9.79. The Morgan fingerprint density at radius 1 is 1.23 bits per heavy atom. The Morgan fingerprint density at radius 3 is 2.42 bits per heavy atom. The number of hydrogen-bond acceptors (Lipinski definition) is 5. The summed E-state index contributed by atoms with van der Waals surface area (Å²) in [6.45, 7) is 3.51. The first-order chi connectivity index (χ1) is 12.1. The number of nitrogens with one attached hydrogen (secondary N) is 1. The Labute approximate surface area is 152 Å². The predicted octanol–water partition coefficient (Wildman–Crippen LogP) is 1.25. The lowest BCUT2D eigenvalue weighted by atomic mass is 10.2. The lowest BCUT2D eigenvalue weighted by Gasteiger charge is -2.17. The molecule has 1 amide bonds. The van der Waals surface area contributed by atoms with Crippen LogP contribution in [0.5, 0.6) is 5.75 Å². The van der Waals surface area contributed by atoms with Crippen LogP contribution >= 0.6 is 0 Å². The molecule has 0 radical (unpaired) electrons. The van der Waals surface area contributed by atoms with E-state index in [1.165, 1.54) is 23.7 Å². The quantitative estimate of drug-likeness (QED) is 0.787. The van der Waals surface area contributed by atoms with E-state index in [4.69, 9.17) is 0 Å². The van der Waals surface area contributed by atoms with E-state index in [1.54, 1.807) is 32.0 Å². The molecule has 1 aromatic heterocycles. The van der Waals surface area contributed by atoms with Crippen molar-refractivity contribution in [2.75, 3.05) is 5.75 Å². The number of amides is 1. The van der Waals surface area contributed by atoms with Gasteiger partial charge >= 0.3 is 0 Å². The number of aryl methyl sites for hydroxylation is 1. The van der Waals surface area contributed by atoms with Crippen molar-refractivity contribution in [2.24, 2.45) is 7.05 Å². The van der Waals surface area contributed by atoms with Crippen molar-refractivity contribution < 1.29 is 18.3 Å². The summed E-state index contributed by atoms with van der Waals surface area (Å²) in [6.07, 6.45) is 0.0329. The zero-order chi connectivity index (χ0) is 19.5. The lowest BCUT2D eigenvalue weighted by Crippen LogP contribution is -2.34. The summed E-state index contributed by atoms with van der Waals surface area (Å²) in [5.74, 6) is -1.47. The van der Waals surface area contributed by atoms with Crippen molar-refractivity contribution in [1.82, 2.24) is 9.88 Å². The Morgan fingerprint density at radius 2 is 1.85 bits per heavy atom. The van der Waals surface area contributed by atoms with E-state index in [0.717, 1.165) is 6.07 Å². The van der Waals surface area contributed by atoms with E-state index in [2.05, 4.69) is 5.32 Å². The summed E-state index contributed by atoms with van der Waals surface area (Å²) in [7, 11) is -2.02. The largest absolute Gasteiger partial charge is 0.503 e. The van der Waals surface area contributed by atoms with Gasteiger partial charge in [-0.2, -0.15) is 0 Å². The molecule has 2 rings (SSSR count). The number of hydrogen-bond donors (Lipinski definition) is 2. The fourth-order valence-electron chi connectivity index (χ4n) is 2.55. The number of sulfone groups is 1. The van der Waals surface area contributed by atoms with Crippen LogP contribution in [-0.2, 0) is 23.3 Å². The summed E-state index contributed by atoms with van der Waals surface area (Å²) in [6, 6.07) is 8.98. The van der Waals surface area contributed by atoms with Gasteiger partial charge < -0.3 is 15.0 Å². The van der Waals surface area contributed by atoms with Gasteiger partial charge in [-0.15, -0.1) is 0 Å². The van der Waals surface area contributed by atoms with Crippen LogP contribution in [0.3, 0.4) is 0 Å². The molecule has 0 spiro atoms. The topological polar surface area (TPSA) is 105 Å². The van der Waals surface area contributed by atoms with Crippen molar-refractivity contribution in [3.05, 3.63) is 58.0 Å². The maximum atomic E-state index is 12.4. The third-order valence-electron chi connectivity index (χ3n) is 3.89. The number of nitrogens with zero attached hydrogens (tertiary/aromatic N) is 1. The smallest absolute Gasteiger partial charge is 0.272 e. The molecule has 2 aromatic rings. The number of pyridine rings is 1. The molecule has 7 nitrogen and oxygen atoms in total. The lowest BCUT2D eigenvalue weighted by molar-refractivity contribution is 0.0930. The van der Waals surface area contributed by atoms with Gasteiger partial charge in [0.15, 0.2) is 21.3 Å². The third-order valence-corrected chi connectivity index (χ3v) is 5.62. The van der Waals surface area contributed by atoms with E-state index >= 15 is 0 Å². The second-order valence-electron chi connectivity index (χ2n) is 6.27. The van der Waals surface area contributed by atoms with Crippen molar-refractivity contribution in [3.63, 3.8) is 0 Å². The van der Waals surface area contributed by atoms with Crippen molar-refractivity contribution in [2.45, 2.75) is 31.2 Å². The molecular formula is C18H22N2O5S. The second kappa shape index (κ2) is 7.74. The van der Waals surface area contributed by atoms with E-state index < -0.39 is 26.9 Å². The predicted molar refractivity (Wildman–Crippen MR) is 98.1 cm³/mol. The van der Waals surface area contributed by atoms with Gasteiger partial charge in [-0.05, 0) is 26.0 Å². The van der Waals surface area contributed by atoms with Gasteiger partial charge in [0.25, 0.3) is 5.91 Å². The molecule has 0 bridgehead atoms. The van der Waals surface area contributed by atoms with Gasteiger partial charge in [0, 0.05) is 31.3 Å². The SMILES string of the molecule is CC(C)NC(=O)c1c(O)c(=O)cc(CCS(=O)(=O)c2ccccc2)n1C. The number of carbonyl (C=O) groups excluding carboxylic acids is 1. The molecule has 0 saturated carbocycles. The minimum Gasteiger partial charge on any atom is -0.503 e. The molecule has 0 aliphatic carbocycles. The number of rotatable bonds is 6. The minimum atomic E-state index is -3.53. The van der Waals surface area contributed by atoms with Crippen LogP contribution in [0.25, 0.3) is 0 Å². The van der Waals surface area contributed by atoms with Gasteiger partial charge in [-0.3, -0.25) is 9.59 Å². The van der Waals surface area contributed by atoms with Gasteiger partial charge in [0.1, 0.15) is 0 Å². The van der Waals surface area contributed by atoms with Gasteiger partial charge in [-0.1, -0.05) is 18.2 Å². The highest BCUT2D eigenvalue weighted by atomic mass is 32.2. The Bertz CT molecular complexity index is 963. The van der Waals surface area contributed by atoms with Crippen LogP contribution < -0.4 is 10.7 Å². The molecule has 0 fully saturated rings. The van der Waals surface area contributed by atoms with Gasteiger partial charge in [-0.25, -0.2) is 8.42 Å². The molecule has 1 aromatic carbocycles. The molecule has 0 unspecified atom stereocenters.